The third-order valence-corrected chi connectivity index (χ3v) is 5.84. The van der Waals surface area contributed by atoms with Gasteiger partial charge < -0.3 is 20.1 Å². The summed E-state index contributed by atoms with van der Waals surface area (Å²) in [5.41, 5.74) is 1.90. The number of nitrogens with zero attached hydrogens (tertiary/aromatic N) is 1. The minimum absolute atomic E-state index is 0.0281. The van der Waals surface area contributed by atoms with Gasteiger partial charge in [-0.25, -0.2) is 0 Å². The number of hydrogen-bond donors (Lipinski definition) is 2. The van der Waals surface area contributed by atoms with E-state index in [1.165, 1.54) is 0 Å². The van der Waals surface area contributed by atoms with E-state index in [-0.39, 0.29) is 23.5 Å². The average molecular weight is 372 g/mol. The highest BCUT2D eigenvalue weighted by Gasteiger charge is 2.40. The third kappa shape index (κ3) is 3.49. The molecule has 0 spiro atoms. The fourth-order valence-corrected chi connectivity index (χ4v) is 4.36. The van der Waals surface area contributed by atoms with Crippen LogP contribution in [0.1, 0.15) is 45.5 Å². The molecule has 1 aromatic rings. The number of ether oxygens (including phenoxy) is 1. The highest BCUT2D eigenvalue weighted by molar-refractivity contribution is 6.05. The zero-order chi connectivity index (χ0) is 19.0. The first-order valence-corrected chi connectivity index (χ1v) is 9.55. The van der Waals surface area contributed by atoms with Crippen LogP contribution < -0.4 is 5.32 Å². The van der Waals surface area contributed by atoms with Crippen LogP contribution in [0.25, 0.3) is 0 Å². The molecule has 4 rings (SSSR count). The zero-order valence-corrected chi connectivity index (χ0v) is 15.1. The molecule has 7 nitrogen and oxygen atoms in total. The average Bonchev–Trinajstić information content (AvgIpc) is 3.25. The van der Waals surface area contributed by atoms with Crippen LogP contribution in [-0.4, -0.2) is 66.1 Å². The molecule has 0 radical (unpaired) electrons. The summed E-state index contributed by atoms with van der Waals surface area (Å²) in [6.07, 6.45) is 1.04. The van der Waals surface area contributed by atoms with Gasteiger partial charge in [-0.3, -0.25) is 14.4 Å². The van der Waals surface area contributed by atoms with E-state index in [4.69, 9.17) is 4.74 Å². The predicted octanol–water partition coefficient (Wildman–Crippen LogP) is 0.544. The van der Waals surface area contributed by atoms with Crippen molar-refractivity contribution in [3.8, 4) is 0 Å². The number of aliphatic hydroxyl groups excluding tert-OH is 1. The first kappa shape index (κ1) is 18.1. The topological polar surface area (TPSA) is 95.9 Å². The number of ketones is 1. The van der Waals surface area contributed by atoms with Crippen molar-refractivity contribution in [1.82, 2.24) is 10.2 Å². The van der Waals surface area contributed by atoms with Crippen molar-refractivity contribution < 1.29 is 24.2 Å². The minimum Gasteiger partial charge on any atom is -0.391 e. The van der Waals surface area contributed by atoms with E-state index < -0.39 is 12.1 Å². The van der Waals surface area contributed by atoms with Crippen molar-refractivity contribution in [3.05, 3.63) is 34.9 Å². The summed E-state index contributed by atoms with van der Waals surface area (Å²) in [5.74, 6) is -0.478. The van der Waals surface area contributed by atoms with Crippen LogP contribution in [0, 0.1) is 5.92 Å². The smallest absolute Gasteiger partial charge is 0.251 e. The number of aliphatic hydroxyl groups is 1. The molecule has 0 unspecified atom stereocenters. The molecule has 2 fully saturated rings. The van der Waals surface area contributed by atoms with E-state index >= 15 is 0 Å². The van der Waals surface area contributed by atoms with Gasteiger partial charge in [0.15, 0.2) is 5.78 Å². The number of carbonyl (C=O) groups is 3. The Hall–Kier alpha value is -2.25. The highest BCUT2D eigenvalue weighted by atomic mass is 16.5. The Morgan fingerprint density at radius 3 is 2.70 bits per heavy atom. The summed E-state index contributed by atoms with van der Waals surface area (Å²) >= 11 is 0. The number of carbonyl (C=O) groups excluding carboxylic acids is 3. The van der Waals surface area contributed by atoms with Crippen molar-refractivity contribution in [3.63, 3.8) is 0 Å². The monoisotopic (exact) mass is 372 g/mol. The van der Waals surface area contributed by atoms with E-state index in [1.807, 2.05) is 0 Å². The third-order valence-electron chi connectivity index (χ3n) is 5.84. The molecule has 7 heteroatoms. The van der Waals surface area contributed by atoms with Gasteiger partial charge in [-0.05, 0) is 30.9 Å². The van der Waals surface area contributed by atoms with Crippen molar-refractivity contribution in [2.45, 2.75) is 37.8 Å². The van der Waals surface area contributed by atoms with E-state index in [0.29, 0.717) is 63.1 Å². The van der Waals surface area contributed by atoms with Gasteiger partial charge in [0.2, 0.25) is 5.91 Å². The molecule has 1 aliphatic heterocycles. The molecule has 1 aromatic carbocycles. The van der Waals surface area contributed by atoms with Crippen molar-refractivity contribution in [2.75, 3.05) is 26.3 Å². The predicted molar refractivity (Wildman–Crippen MR) is 96.5 cm³/mol. The molecular formula is C20H24N2O5. The Morgan fingerprint density at radius 2 is 1.93 bits per heavy atom. The number of nitrogens with one attached hydrogen (secondary N) is 1. The number of fused-ring (bicyclic) bond motifs is 1. The second-order valence-corrected chi connectivity index (χ2v) is 7.51. The Kier molecular flexibility index (Phi) is 4.97. The lowest BCUT2D eigenvalue weighted by Crippen LogP contribution is -2.43. The van der Waals surface area contributed by atoms with Crippen LogP contribution in [0.4, 0.5) is 0 Å². The van der Waals surface area contributed by atoms with Crippen LogP contribution in [0.5, 0.6) is 0 Å². The molecule has 3 aliphatic rings. The first-order valence-electron chi connectivity index (χ1n) is 9.55. The standard InChI is InChI=1S/C20H24N2O5/c23-17-5-4-13-14(17)2-1-3-15(13)19(25)21-16-10-12(11-18(16)24)20(26)22-6-8-27-9-7-22/h1-3,12,16,18,24H,4-11H2,(H,21,25)/t12-,16-,18-/m0/s1. The summed E-state index contributed by atoms with van der Waals surface area (Å²) in [6, 6.07) is 4.72. The molecular weight excluding hydrogens is 348 g/mol. The summed E-state index contributed by atoms with van der Waals surface area (Å²) in [6.45, 7) is 2.23. The molecule has 3 atom stereocenters. The van der Waals surface area contributed by atoms with Crippen LogP contribution in [-0.2, 0) is 16.0 Å². The van der Waals surface area contributed by atoms with Crippen LogP contribution in [0.15, 0.2) is 18.2 Å². The summed E-state index contributed by atoms with van der Waals surface area (Å²) < 4.78 is 5.28. The number of hydrogen-bond acceptors (Lipinski definition) is 5. The Morgan fingerprint density at radius 1 is 1.15 bits per heavy atom. The summed E-state index contributed by atoms with van der Waals surface area (Å²) in [4.78, 5) is 39.1. The maximum absolute atomic E-state index is 12.7. The van der Waals surface area contributed by atoms with E-state index in [9.17, 15) is 19.5 Å². The molecule has 0 aromatic heterocycles. The Bertz CT molecular complexity index is 772. The van der Waals surface area contributed by atoms with Gasteiger partial charge in [0, 0.05) is 36.6 Å². The van der Waals surface area contributed by atoms with Crippen LogP contribution >= 0.6 is 0 Å². The molecule has 144 valence electrons. The maximum Gasteiger partial charge on any atom is 0.251 e. The maximum atomic E-state index is 12.7. The lowest BCUT2D eigenvalue weighted by molar-refractivity contribution is -0.139. The molecule has 0 bridgehead atoms. The lowest BCUT2D eigenvalue weighted by atomic mass is 10.0. The van der Waals surface area contributed by atoms with Crippen LogP contribution in [0.3, 0.4) is 0 Å². The highest BCUT2D eigenvalue weighted by Crippen LogP contribution is 2.30. The first-order chi connectivity index (χ1) is 13.0. The zero-order valence-electron chi connectivity index (χ0n) is 15.1. The van der Waals surface area contributed by atoms with Gasteiger partial charge in [-0.2, -0.15) is 0 Å². The fourth-order valence-electron chi connectivity index (χ4n) is 4.36. The van der Waals surface area contributed by atoms with E-state index in [1.54, 1.807) is 23.1 Å². The molecule has 2 N–H and O–H groups in total. The Balaban J connectivity index is 1.42. The van der Waals surface area contributed by atoms with E-state index in [0.717, 1.165) is 5.56 Å². The Labute approximate surface area is 157 Å². The molecule has 2 aliphatic carbocycles. The number of morpholine rings is 1. The minimum atomic E-state index is -0.748. The molecule has 2 amide bonds. The molecule has 1 heterocycles. The molecule has 1 saturated heterocycles. The second kappa shape index (κ2) is 7.40. The van der Waals surface area contributed by atoms with Gasteiger partial charge in [0.05, 0.1) is 25.4 Å². The largest absolute Gasteiger partial charge is 0.391 e. The number of benzene rings is 1. The van der Waals surface area contributed by atoms with Gasteiger partial charge in [0.1, 0.15) is 0 Å². The van der Waals surface area contributed by atoms with Crippen molar-refractivity contribution in [1.29, 1.82) is 0 Å². The number of Topliss-reactive ketones (excluding diaryl/α,β-unsaturated/α-hetero) is 1. The quantitative estimate of drug-likeness (QED) is 0.808. The van der Waals surface area contributed by atoms with Gasteiger partial charge in [0.25, 0.3) is 5.91 Å². The van der Waals surface area contributed by atoms with Gasteiger partial charge in [-0.15, -0.1) is 0 Å². The second-order valence-electron chi connectivity index (χ2n) is 7.51. The van der Waals surface area contributed by atoms with Crippen LogP contribution in [0.2, 0.25) is 0 Å². The summed E-state index contributed by atoms with van der Waals surface area (Å²) in [5, 5.41) is 13.3. The van der Waals surface area contributed by atoms with E-state index in [2.05, 4.69) is 5.32 Å². The van der Waals surface area contributed by atoms with Gasteiger partial charge >= 0.3 is 0 Å². The SMILES string of the molecule is O=C1CCc2c1cccc2C(=O)N[C@H]1C[C@H](C(=O)N2CCOCC2)C[C@@H]1O. The van der Waals surface area contributed by atoms with Crippen molar-refractivity contribution >= 4 is 17.6 Å². The van der Waals surface area contributed by atoms with Crippen molar-refractivity contribution in [2.24, 2.45) is 5.92 Å². The normalized spacial score (nSPS) is 27.5. The van der Waals surface area contributed by atoms with Gasteiger partial charge in [-0.1, -0.05) is 12.1 Å². The fraction of sp³-hybridized carbons (Fsp3) is 0.550. The summed E-state index contributed by atoms with van der Waals surface area (Å²) in [7, 11) is 0. The molecule has 1 saturated carbocycles. The molecule has 27 heavy (non-hydrogen) atoms. The number of amides is 2. The number of rotatable bonds is 3. The lowest BCUT2D eigenvalue weighted by Gasteiger charge is -2.29.